The smallest absolute Gasteiger partial charge is 0.234 e. The average Bonchev–Trinajstić information content (AvgIpc) is 2.43. The SMILES string of the molecule is CCCCCCCCNCC(=O)NC1CCCCC1. The van der Waals surface area contributed by atoms with E-state index in [0.29, 0.717) is 12.6 Å². The third-order valence-electron chi connectivity index (χ3n) is 3.96. The third kappa shape index (κ3) is 9.04. The largest absolute Gasteiger partial charge is 0.352 e. The number of rotatable bonds is 10. The van der Waals surface area contributed by atoms with E-state index in [4.69, 9.17) is 0 Å². The molecule has 2 N–H and O–H groups in total. The van der Waals surface area contributed by atoms with Crippen molar-refractivity contribution in [3.63, 3.8) is 0 Å². The van der Waals surface area contributed by atoms with Crippen molar-refractivity contribution in [1.82, 2.24) is 10.6 Å². The molecule has 1 aliphatic carbocycles. The predicted octanol–water partition coefficient (Wildman–Crippen LogP) is 3.39. The van der Waals surface area contributed by atoms with E-state index in [9.17, 15) is 4.79 Å². The fourth-order valence-corrected chi connectivity index (χ4v) is 2.76. The third-order valence-corrected chi connectivity index (χ3v) is 3.96. The van der Waals surface area contributed by atoms with Crippen LogP contribution in [-0.2, 0) is 4.79 Å². The van der Waals surface area contributed by atoms with Gasteiger partial charge in [-0.15, -0.1) is 0 Å². The van der Waals surface area contributed by atoms with Gasteiger partial charge in [-0.3, -0.25) is 4.79 Å². The van der Waals surface area contributed by atoms with E-state index < -0.39 is 0 Å². The summed E-state index contributed by atoms with van der Waals surface area (Å²) in [5.74, 6) is 0.179. The molecule has 0 aromatic rings. The summed E-state index contributed by atoms with van der Waals surface area (Å²) in [5, 5.41) is 6.39. The first-order valence-electron chi connectivity index (χ1n) is 8.33. The molecule has 0 bridgehead atoms. The molecule has 112 valence electrons. The molecule has 0 aromatic carbocycles. The second kappa shape index (κ2) is 11.3. The Morgan fingerprint density at radius 2 is 1.68 bits per heavy atom. The van der Waals surface area contributed by atoms with Crippen LogP contribution < -0.4 is 10.6 Å². The van der Waals surface area contributed by atoms with E-state index in [1.807, 2.05) is 0 Å². The van der Waals surface area contributed by atoms with Gasteiger partial charge in [0, 0.05) is 6.04 Å². The van der Waals surface area contributed by atoms with Gasteiger partial charge in [0.05, 0.1) is 6.54 Å². The second-order valence-corrected chi connectivity index (χ2v) is 5.85. The van der Waals surface area contributed by atoms with Crippen molar-refractivity contribution in [2.24, 2.45) is 0 Å². The van der Waals surface area contributed by atoms with E-state index in [-0.39, 0.29) is 5.91 Å². The van der Waals surface area contributed by atoms with Gasteiger partial charge >= 0.3 is 0 Å². The zero-order valence-electron chi connectivity index (χ0n) is 12.7. The lowest BCUT2D eigenvalue weighted by molar-refractivity contribution is -0.121. The van der Waals surface area contributed by atoms with Gasteiger partial charge in [0.25, 0.3) is 0 Å². The molecule has 0 heterocycles. The van der Waals surface area contributed by atoms with Crippen molar-refractivity contribution in [3.05, 3.63) is 0 Å². The van der Waals surface area contributed by atoms with Crippen molar-refractivity contribution in [1.29, 1.82) is 0 Å². The minimum atomic E-state index is 0.179. The number of amides is 1. The quantitative estimate of drug-likeness (QED) is 0.596. The van der Waals surface area contributed by atoms with E-state index >= 15 is 0 Å². The van der Waals surface area contributed by atoms with Gasteiger partial charge < -0.3 is 10.6 Å². The van der Waals surface area contributed by atoms with E-state index in [2.05, 4.69) is 17.6 Å². The number of carbonyl (C=O) groups is 1. The molecule has 1 fully saturated rings. The number of hydrogen-bond acceptors (Lipinski definition) is 2. The first kappa shape index (κ1) is 16.5. The second-order valence-electron chi connectivity index (χ2n) is 5.85. The molecule has 1 rings (SSSR count). The van der Waals surface area contributed by atoms with Crippen molar-refractivity contribution in [3.8, 4) is 0 Å². The molecule has 0 aromatic heterocycles. The van der Waals surface area contributed by atoms with Crippen LogP contribution in [0.4, 0.5) is 0 Å². The molecule has 0 unspecified atom stereocenters. The molecule has 0 aliphatic heterocycles. The highest BCUT2D eigenvalue weighted by molar-refractivity contribution is 5.78. The van der Waals surface area contributed by atoms with Gasteiger partial charge in [-0.05, 0) is 25.8 Å². The Hall–Kier alpha value is -0.570. The lowest BCUT2D eigenvalue weighted by Gasteiger charge is -2.22. The van der Waals surface area contributed by atoms with Crippen molar-refractivity contribution < 1.29 is 4.79 Å². The van der Waals surface area contributed by atoms with Crippen LogP contribution in [0.2, 0.25) is 0 Å². The zero-order chi connectivity index (χ0) is 13.8. The normalized spacial score (nSPS) is 16.5. The standard InChI is InChI=1S/C16H32N2O/c1-2-3-4-5-6-10-13-17-14-16(19)18-15-11-8-7-9-12-15/h15,17H,2-14H2,1H3,(H,18,19). The van der Waals surface area contributed by atoms with Crippen LogP contribution in [0.25, 0.3) is 0 Å². The summed E-state index contributed by atoms with van der Waals surface area (Å²) >= 11 is 0. The minimum absolute atomic E-state index is 0.179. The van der Waals surface area contributed by atoms with Gasteiger partial charge in [-0.1, -0.05) is 58.3 Å². The molecule has 1 amide bonds. The first-order chi connectivity index (χ1) is 9.33. The molecule has 3 heteroatoms. The summed E-state index contributed by atoms with van der Waals surface area (Å²) in [6.45, 7) is 3.71. The average molecular weight is 268 g/mol. The summed E-state index contributed by atoms with van der Waals surface area (Å²) in [7, 11) is 0. The Labute approximate surface area is 118 Å². The van der Waals surface area contributed by atoms with Gasteiger partial charge in [0.15, 0.2) is 0 Å². The number of hydrogen-bond donors (Lipinski definition) is 2. The number of unbranched alkanes of at least 4 members (excludes halogenated alkanes) is 5. The van der Waals surface area contributed by atoms with Crippen LogP contribution in [-0.4, -0.2) is 25.0 Å². The van der Waals surface area contributed by atoms with Crippen LogP contribution in [0.1, 0.15) is 77.6 Å². The lowest BCUT2D eigenvalue weighted by Crippen LogP contribution is -2.41. The first-order valence-corrected chi connectivity index (χ1v) is 8.33. The van der Waals surface area contributed by atoms with Gasteiger partial charge in [0.1, 0.15) is 0 Å². The lowest BCUT2D eigenvalue weighted by atomic mass is 9.95. The topological polar surface area (TPSA) is 41.1 Å². The molecule has 0 saturated heterocycles. The zero-order valence-corrected chi connectivity index (χ0v) is 12.7. The highest BCUT2D eigenvalue weighted by Gasteiger charge is 2.14. The Morgan fingerprint density at radius 3 is 2.42 bits per heavy atom. The van der Waals surface area contributed by atoms with Gasteiger partial charge in [-0.2, -0.15) is 0 Å². The molecular weight excluding hydrogens is 236 g/mol. The van der Waals surface area contributed by atoms with Crippen LogP contribution in [0.15, 0.2) is 0 Å². The Bertz CT molecular complexity index is 225. The van der Waals surface area contributed by atoms with Crippen molar-refractivity contribution in [2.75, 3.05) is 13.1 Å². The fourth-order valence-electron chi connectivity index (χ4n) is 2.76. The van der Waals surface area contributed by atoms with E-state index in [1.54, 1.807) is 0 Å². The van der Waals surface area contributed by atoms with E-state index in [0.717, 1.165) is 6.54 Å². The molecule has 19 heavy (non-hydrogen) atoms. The summed E-state index contributed by atoms with van der Waals surface area (Å²) in [6, 6.07) is 0.442. The van der Waals surface area contributed by atoms with Gasteiger partial charge in [0.2, 0.25) is 5.91 Å². The maximum atomic E-state index is 11.7. The molecule has 3 nitrogen and oxygen atoms in total. The molecular formula is C16H32N2O. The maximum Gasteiger partial charge on any atom is 0.234 e. The monoisotopic (exact) mass is 268 g/mol. The van der Waals surface area contributed by atoms with Crippen LogP contribution >= 0.6 is 0 Å². The number of nitrogens with one attached hydrogen (secondary N) is 2. The Balaban J connectivity index is 1.87. The number of carbonyl (C=O) groups excluding carboxylic acids is 1. The van der Waals surface area contributed by atoms with Crippen LogP contribution in [0, 0.1) is 0 Å². The predicted molar refractivity (Wildman–Crippen MR) is 81.3 cm³/mol. The Morgan fingerprint density at radius 1 is 1.00 bits per heavy atom. The maximum absolute atomic E-state index is 11.7. The summed E-state index contributed by atoms with van der Waals surface area (Å²) in [4.78, 5) is 11.7. The molecule has 0 radical (unpaired) electrons. The van der Waals surface area contributed by atoms with Crippen molar-refractivity contribution in [2.45, 2.75) is 83.6 Å². The molecule has 0 spiro atoms. The minimum Gasteiger partial charge on any atom is -0.352 e. The molecule has 0 atom stereocenters. The highest BCUT2D eigenvalue weighted by Crippen LogP contribution is 2.17. The molecule has 1 saturated carbocycles. The van der Waals surface area contributed by atoms with Gasteiger partial charge in [-0.25, -0.2) is 0 Å². The van der Waals surface area contributed by atoms with E-state index in [1.165, 1.54) is 70.6 Å². The van der Waals surface area contributed by atoms with Crippen LogP contribution in [0.3, 0.4) is 0 Å². The Kier molecular flexibility index (Phi) is 9.78. The fraction of sp³-hybridized carbons (Fsp3) is 0.938. The summed E-state index contributed by atoms with van der Waals surface area (Å²) < 4.78 is 0. The van der Waals surface area contributed by atoms with Crippen LogP contribution in [0.5, 0.6) is 0 Å². The summed E-state index contributed by atoms with van der Waals surface area (Å²) in [6.07, 6.45) is 14.1. The summed E-state index contributed by atoms with van der Waals surface area (Å²) in [5.41, 5.74) is 0. The highest BCUT2D eigenvalue weighted by atomic mass is 16.1. The molecule has 1 aliphatic rings. The van der Waals surface area contributed by atoms with Crippen molar-refractivity contribution >= 4 is 5.91 Å².